The monoisotopic (exact) mass is 405 g/mol. The molecule has 3 aromatic rings. The molecular formula is C25H24FNOS. The molecule has 0 saturated carbocycles. The predicted octanol–water partition coefficient (Wildman–Crippen LogP) is 6.49. The number of nitrogens with one attached hydrogen (secondary N) is 1. The molecule has 0 aromatic heterocycles. The number of rotatable bonds is 7. The molecule has 4 heteroatoms. The molecule has 0 aliphatic carbocycles. The number of benzene rings is 3. The van der Waals surface area contributed by atoms with Gasteiger partial charge in [0.05, 0.1) is 0 Å². The summed E-state index contributed by atoms with van der Waals surface area (Å²) in [5, 5.41) is 2.90. The number of aryl methyl sites for hydroxylation is 1. The first-order valence-electron chi connectivity index (χ1n) is 9.61. The van der Waals surface area contributed by atoms with Crippen molar-refractivity contribution in [3.8, 4) is 0 Å². The van der Waals surface area contributed by atoms with Crippen molar-refractivity contribution in [1.29, 1.82) is 0 Å². The fourth-order valence-electron chi connectivity index (χ4n) is 3.02. The van der Waals surface area contributed by atoms with Crippen molar-refractivity contribution in [2.45, 2.75) is 30.1 Å². The maximum Gasteiger partial charge on any atom is 0.251 e. The quantitative estimate of drug-likeness (QED) is 0.487. The largest absolute Gasteiger partial charge is 0.352 e. The molecule has 0 spiro atoms. The number of hydrogen-bond donors (Lipinski definition) is 1. The van der Waals surface area contributed by atoms with Gasteiger partial charge in [-0.2, -0.15) is 0 Å². The molecule has 3 rings (SSSR count). The normalized spacial score (nSPS) is 10.6. The smallest absolute Gasteiger partial charge is 0.251 e. The summed E-state index contributed by atoms with van der Waals surface area (Å²) >= 11 is 1.59. The average molecular weight is 406 g/mol. The number of amides is 1. The molecular weight excluding hydrogens is 381 g/mol. The third kappa shape index (κ3) is 4.96. The van der Waals surface area contributed by atoms with Crippen LogP contribution in [0.2, 0.25) is 0 Å². The van der Waals surface area contributed by atoms with Gasteiger partial charge in [-0.25, -0.2) is 4.39 Å². The van der Waals surface area contributed by atoms with Crippen LogP contribution in [-0.4, -0.2) is 12.5 Å². The Morgan fingerprint density at radius 3 is 2.38 bits per heavy atom. The van der Waals surface area contributed by atoms with Gasteiger partial charge in [-0.05, 0) is 60.4 Å². The Labute approximate surface area is 175 Å². The highest BCUT2D eigenvalue weighted by Gasteiger charge is 2.14. The third-order valence-electron chi connectivity index (χ3n) is 4.60. The van der Waals surface area contributed by atoms with Crippen LogP contribution < -0.4 is 5.32 Å². The van der Waals surface area contributed by atoms with Gasteiger partial charge in [0, 0.05) is 27.5 Å². The molecule has 0 saturated heterocycles. The fraction of sp³-hybridized carbons (Fsp3) is 0.160. The second-order valence-corrected chi connectivity index (χ2v) is 7.88. The van der Waals surface area contributed by atoms with Crippen molar-refractivity contribution in [2.24, 2.45) is 0 Å². The van der Waals surface area contributed by atoms with Gasteiger partial charge in [-0.3, -0.25) is 4.79 Å². The van der Waals surface area contributed by atoms with Crippen LogP contribution in [0.3, 0.4) is 0 Å². The van der Waals surface area contributed by atoms with Crippen LogP contribution in [0.15, 0.2) is 83.1 Å². The van der Waals surface area contributed by atoms with Crippen LogP contribution in [0.4, 0.5) is 4.39 Å². The predicted molar refractivity (Wildman–Crippen MR) is 119 cm³/mol. The van der Waals surface area contributed by atoms with Crippen LogP contribution in [0.25, 0.3) is 5.57 Å². The minimum Gasteiger partial charge on any atom is -0.352 e. The van der Waals surface area contributed by atoms with E-state index in [2.05, 4.69) is 11.9 Å². The topological polar surface area (TPSA) is 29.1 Å². The number of hydrogen-bond acceptors (Lipinski definition) is 2. The summed E-state index contributed by atoms with van der Waals surface area (Å²) in [6.45, 7) is 8.83. The van der Waals surface area contributed by atoms with Gasteiger partial charge in [-0.1, -0.05) is 61.7 Å². The first-order valence-corrected chi connectivity index (χ1v) is 10.4. The van der Waals surface area contributed by atoms with E-state index < -0.39 is 0 Å². The summed E-state index contributed by atoms with van der Waals surface area (Å²) in [4.78, 5) is 14.2. The lowest BCUT2D eigenvalue weighted by Gasteiger charge is -2.14. The third-order valence-corrected chi connectivity index (χ3v) is 5.86. The van der Waals surface area contributed by atoms with Crippen LogP contribution in [0, 0.1) is 12.7 Å². The van der Waals surface area contributed by atoms with E-state index >= 15 is 0 Å². The van der Waals surface area contributed by atoms with E-state index in [0.717, 1.165) is 27.3 Å². The number of carbonyl (C=O) groups is 1. The van der Waals surface area contributed by atoms with Crippen molar-refractivity contribution in [2.75, 3.05) is 6.54 Å². The summed E-state index contributed by atoms with van der Waals surface area (Å²) in [6, 6.07) is 20.2. The van der Waals surface area contributed by atoms with Crippen molar-refractivity contribution < 1.29 is 9.18 Å². The number of carbonyl (C=O) groups excluding carboxylic acids is 1. The van der Waals surface area contributed by atoms with Crippen LogP contribution in [0.5, 0.6) is 0 Å². The molecule has 1 amide bonds. The van der Waals surface area contributed by atoms with E-state index in [4.69, 9.17) is 0 Å². The van der Waals surface area contributed by atoms with E-state index in [9.17, 15) is 9.18 Å². The maximum absolute atomic E-state index is 14.3. The number of halogens is 1. The zero-order chi connectivity index (χ0) is 20.8. The molecule has 0 bridgehead atoms. The van der Waals surface area contributed by atoms with Gasteiger partial charge < -0.3 is 5.32 Å². The summed E-state index contributed by atoms with van der Waals surface area (Å²) in [7, 11) is 0. The first kappa shape index (κ1) is 20.9. The molecule has 0 fully saturated rings. The van der Waals surface area contributed by atoms with E-state index in [1.807, 2.05) is 62.4 Å². The Morgan fingerprint density at radius 1 is 1.00 bits per heavy atom. The summed E-state index contributed by atoms with van der Waals surface area (Å²) in [5.41, 5.74) is 3.72. The minimum absolute atomic E-state index is 0.0557. The van der Waals surface area contributed by atoms with Gasteiger partial charge in [0.15, 0.2) is 0 Å². The van der Waals surface area contributed by atoms with E-state index in [0.29, 0.717) is 23.2 Å². The molecule has 0 atom stereocenters. The molecule has 0 radical (unpaired) electrons. The molecule has 0 aliphatic rings. The van der Waals surface area contributed by atoms with Crippen molar-refractivity contribution >= 4 is 23.2 Å². The van der Waals surface area contributed by atoms with Crippen molar-refractivity contribution in [1.82, 2.24) is 5.32 Å². The van der Waals surface area contributed by atoms with E-state index in [-0.39, 0.29) is 11.7 Å². The Morgan fingerprint density at radius 2 is 1.69 bits per heavy atom. The summed E-state index contributed by atoms with van der Waals surface area (Å²) in [6.07, 6.45) is 0.904. The molecule has 3 aromatic carbocycles. The van der Waals surface area contributed by atoms with Gasteiger partial charge in [0.2, 0.25) is 0 Å². The average Bonchev–Trinajstić information content (AvgIpc) is 2.73. The molecule has 0 unspecified atom stereocenters. The molecule has 29 heavy (non-hydrogen) atoms. The lowest BCUT2D eigenvalue weighted by Crippen LogP contribution is -2.23. The Balaban J connectivity index is 1.87. The maximum atomic E-state index is 14.3. The first-order chi connectivity index (χ1) is 14.0. The van der Waals surface area contributed by atoms with Crippen molar-refractivity contribution in [3.05, 3.63) is 101 Å². The second kappa shape index (κ2) is 9.57. The van der Waals surface area contributed by atoms with Crippen LogP contribution >= 0.6 is 11.8 Å². The molecule has 1 N–H and O–H groups in total. The Bertz CT molecular complexity index is 1040. The Kier molecular flexibility index (Phi) is 6.89. The fourth-order valence-corrected chi connectivity index (χ4v) is 4.06. The Hall–Kier alpha value is -2.85. The standard InChI is InChI=1S/C25H24FNOS/c1-4-15-27-25(28)19-13-14-23(17(2)16-19)29-24-12-8-6-10-21(24)18(3)20-9-5-7-11-22(20)26/h5-14,16H,3-4,15H2,1-2H3,(H,27,28). The zero-order valence-electron chi connectivity index (χ0n) is 16.7. The summed E-state index contributed by atoms with van der Waals surface area (Å²) < 4.78 is 14.3. The van der Waals surface area contributed by atoms with E-state index in [1.54, 1.807) is 23.9 Å². The molecule has 148 valence electrons. The zero-order valence-corrected chi connectivity index (χ0v) is 17.5. The van der Waals surface area contributed by atoms with Crippen LogP contribution in [-0.2, 0) is 0 Å². The summed E-state index contributed by atoms with van der Waals surface area (Å²) in [5.74, 6) is -0.337. The lowest BCUT2D eigenvalue weighted by atomic mass is 9.99. The minimum atomic E-state index is -0.282. The van der Waals surface area contributed by atoms with Gasteiger partial charge in [0.25, 0.3) is 5.91 Å². The highest BCUT2D eigenvalue weighted by atomic mass is 32.2. The second-order valence-electron chi connectivity index (χ2n) is 6.79. The molecule has 0 aliphatic heterocycles. The SMILES string of the molecule is C=C(c1ccccc1F)c1ccccc1Sc1ccc(C(=O)NCCC)cc1C. The van der Waals surface area contributed by atoms with E-state index in [1.165, 1.54) is 6.07 Å². The van der Waals surface area contributed by atoms with Gasteiger partial charge in [-0.15, -0.1) is 0 Å². The molecule has 2 nitrogen and oxygen atoms in total. The highest BCUT2D eigenvalue weighted by Crippen LogP contribution is 2.37. The van der Waals surface area contributed by atoms with Gasteiger partial charge in [0.1, 0.15) is 5.82 Å². The molecule has 0 heterocycles. The van der Waals surface area contributed by atoms with Crippen molar-refractivity contribution in [3.63, 3.8) is 0 Å². The lowest BCUT2D eigenvalue weighted by molar-refractivity contribution is 0.0953. The highest BCUT2D eigenvalue weighted by molar-refractivity contribution is 7.99. The van der Waals surface area contributed by atoms with Gasteiger partial charge >= 0.3 is 0 Å². The van der Waals surface area contributed by atoms with Crippen LogP contribution in [0.1, 0.15) is 40.4 Å².